The molecule has 12 heteroatoms. The van der Waals surface area contributed by atoms with Crippen LogP contribution in [-0.4, -0.2) is 53.8 Å². The molecule has 1 aliphatic carbocycles. The summed E-state index contributed by atoms with van der Waals surface area (Å²) in [6.45, 7) is 9.63. The van der Waals surface area contributed by atoms with E-state index in [1.165, 1.54) is 0 Å². The summed E-state index contributed by atoms with van der Waals surface area (Å²) >= 11 is 0. The average molecular weight is 660 g/mol. The Bertz CT molecular complexity index is 1900. The molecule has 6 rings (SSSR count). The maximum atomic E-state index is 13.4. The first kappa shape index (κ1) is 32.9. The number of nitrogens with one attached hydrogen (secondary N) is 3. The molecule has 2 aromatic heterocycles. The number of aromatic nitrogens is 3. The lowest BCUT2D eigenvalue weighted by Gasteiger charge is -2.32. The van der Waals surface area contributed by atoms with Crippen molar-refractivity contribution in [1.82, 2.24) is 29.5 Å². The molecule has 3 N–H and O–H groups in total. The highest BCUT2D eigenvalue weighted by Gasteiger charge is 2.40. The highest BCUT2D eigenvalue weighted by atomic mass is 32.2. The van der Waals surface area contributed by atoms with Crippen LogP contribution in [0.5, 0.6) is 5.75 Å². The van der Waals surface area contributed by atoms with E-state index in [4.69, 9.17) is 4.74 Å². The number of carbonyl (C=O) groups excluding carboxylic acids is 1. The van der Waals surface area contributed by atoms with E-state index in [2.05, 4.69) is 75.7 Å². The van der Waals surface area contributed by atoms with E-state index in [0.717, 1.165) is 71.5 Å². The van der Waals surface area contributed by atoms with Crippen molar-refractivity contribution in [2.45, 2.75) is 83.0 Å². The van der Waals surface area contributed by atoms with E-state index in [0.29, 0.717) is 12.1 Å². The SMILES string of the molecule is CN1CCC[C@@]1(C)c1nnc2ccc(O[C@@H]3CC[C@H](NC(=O)Nc4cc(CNS(C)(=O)=O)cc(C(C)(C)C)c4)c4ccccc43)cn12. The van der Waals surface area contributed by atoms with Crippen LogP contribution in [0.25, 0.3) is 5.65 Å². The van der Waals surface area contributed by atoms with Gasteiger partial charge in [0.05, 0.1) is 24.0 Å². The maximum Gasteiger partial charge on any atom is 0.319 e. The van der Waals surface area contributed by atoms with E-state index in [1.54, 1.807) is 6.07 Å². The number of likely N-dealkylation sites (tertiary alicyclic amines) is 1. The molecule has 2 aromatic carbocycles. The van der Waals surface area contributed by atoms with Crippen LogP contribution in [0.1, 0.15) is 93.6 Å². The Morgan fingerprint density at radius 3 is 2.53 bits per heavy atom. The van der Waals surface area contributed by atoms with E-state index < -0.39 is 10.0 Å². The largest absolute Gasteiger partial charge is 0.484 e. The van der Waals surface area contributed by atoms with Gasteiger partial charge < -0.3 is 15.4 Å². The molecule has 0 saturated carbocycles. The van der Waals surface area contributed by atoms with Crippen LogP contribution in [0.3, 0.4) is 0 Å². The van der Waals surface area contributed by atoms with Gasteiger partial charge in [0.25, 0.3) is 0 Å². The molecule has 2 amide bonds. The topological polar surface area (TPSA) is 130 Å². The summed E-state index contributed by atoms with van der Waals surface area (Å²) in [6, 6.07) is 17.2. The van der Waals surface area contributed by atoms with Crippen LogP contribution >= 0.6 is 0 Å². The van der Waals surface area contributed by atoms with Crippen molar-refractivity contribution in [2.75, 3.05) is 25.2 Å². The second-order valence-corrected chi connectivity index (χ2v) is 16.0. The number of carbonyl (C=O) groups is 1. The lowest BCUT2D eigenvalue weighted by Crippen LogP contribution is -2.37. The second kappa shape index (κ2) is 12.6. The van der Waals surface area contributed by atoms with Crippen molar-refractivity contribution in [3.05, 3.63) is 88.9 Å². The molecule has 0 unspecified atom stereocenters. The summed E-state index contributed by atoms with van der Waals surface area (Å²) in [5, 5.41) is 15.2. The number of hydrogen-bond donors (Lipinski definition) is 3. The normalized spacial score (nSPS) is 21.8. The molecule has 0 radical (unpaired) electrons. The predicted molar refractivity (Wildman–Crippen MR) is 183 cm³/mol. The van der Waals surface area contributed by atoms with Crippen molar-refractivity contribution < 1.29 is 17.9 Å². The molecule has 2 aliphatic rings. The first-order valence-corrected chi connectivity index (χ1v) is 18.1. The summed E-state index contributed by atoms with van der Waals surface area (Å²) in [6.07, 6.45) is 6.51. The molecule has 3 atom stereocenters. The Hall–Kier alpha value is -4.00. The molecular weight excluding hydrogens is 614 g/mol. The molecule has 0 bridgehead atoms. The van der Waals surface area contributed by atoms with Crippen LogP contribution in [0.4, 0.5) is 10.5 Å². The third kappa shape index (κ3) is 7.14. The summed E-state index contributed by atoms with van der Waals surface area (Å²) in [7, 11) is -1.23. The minimum absolute atomic E-state index is 0.137. The zero-order valence-corrected chi connectivity index (χ0v) is 28.8. The number of urea groups is 1. The Morgan fingerprint density at radius 1 is 1.06 bits per heavy atom. The van der Waals surface area contributed by atoms with Gasteiger partial charge in [-0.15, -0.1) is 10.2 Å². The Labute approximate surface area is 277 Å². The summed E-state index contributed by atoms with van der Waals surface area (Å²) in [5.74, 6) is 1.66. The highest BCUT2D eigenvalue weighted by molar-refractivity contribution is 7.88. The fraction of sp³-hybridized carbons (Fsp3) is 0.457. The molecule has 1 saturated heterocycles. The fourth-order valence-corrected chi connectivity index (χ4v) is 7.14. The number of pyridine rings is 1. The van der Waals surface area contributed by atoms with Crippen LogP contribution < -0.4 is 20.1 Å². The molecule has 11 nitrogen and oxygen atoms in total. The number of hydrogen-bond acceptors (Lipinski definition) is 7. The van der Waals surface area contributed by atoms with Crippen molar-refractivity contribution in [2.24, 2.45) is 0 Å². The smallest absolute Gasteiger partial charge is 0.319 e. The molecule has 1 aliphatic heterocycles. The molecule has 4 aromatic rings. The Morgan fingerprint density at radius 2 is 1.83 bits per heavy atom. The highest BCUT2D eigenvalue weighted by Crippen LogP contribution is 2.40. The Balaban J connectivity index is 1.18. The van der Waals surface area contributed by atoms with Gasteiger partial charge >= 0.3 is 6.03 Å². The lowest BCUT2D eigenvalue weighted by atomic mass is 9.85. The van der Waals surface area contributed by atoms with E-state index in [1.807, 2.05) is 48.7 Å². The molecule has 1 fully saturated rings. The van der Waals surface area contributed by atoms with Gasteiger partial charge in [0.2, 0.25) is 10.0 Å². The number of fused-ring (bicyclic) bond motifs is 2. The van der Waals surface area contributed by atoms with Crippen LogP contribution in [0, 0.1) is 0 Å². The van der Waals surface area contributed by atoms with Crippen molar-refractivity contribution in [3.63, 3.8) is 0 Å². The van der Waals surface area contributed by atoms with Gasteiger partial charge in [0.15, 0.2) is 11.5 Å². The summed E-state index contributed by atoms with van der Waals surface area (Å²) in [5.41, 5.74) is 4.83. The molecule has 47 heavy (non-hydrogen) atoms. The Kier molecular flexibility index (Phi) is 8.79. The van der Waals surface area contributed by atoms with Crippen molar-refractivity contribution >= 4 is 27.4 Å². The number of anilines is 1. The number of ether oxygens (including phenoxy) is 1. The predicted octanol–water partition coefficient (Wildman–Crippen LogP) is 5.79. The van der Waals surface area contributed by atoms with E-state index in [9.17, 15) is 13.2 Å². The molecule has 0 spiro atoms. The second-order valence-electron chi connectivity index (χ2n) is 14.1. The molecule has 250 valence electrons. The van der Waals surface area contributed by atoms with Crippen LogP contribution in [-0.2, 0) is 27.5 Å². The van der Waals surface area contributed by atoms with Crippen LogP contribution in [0.15, 0.2) is 60.8 Å². The van der Waals surface area contributed by atoms with Crippen molar-refractivity contribution in [3.8, 4) is 5.75 Å². The van der Waals surface area contributed by atoms with Gasteiger partial charge in [-0.2, -0.15) is 0 Å². The van der Waals surface area contributed by atoms with Gasteiger partial charge in [-0.05, 0) is 98.1 Å². The van der Waals surface area contributed by atoms with E-state index >= 15 is 0 Å². The number of amides is 2. The quantitative estimate of drug-likeness (QED) is 0.218. The van der Waals surface area contributed by atoms with Crippen molar-refractivity contribution in [1.29, 1.82) is 0 Å². The lowest BCUT2D eigenvalue weighted by molar-refractivity contribution is 0.170. The zero-order chi connectivity index (χ0) is 33.6. The number of rotatable bonds is 8. The first-order valence-electron chi connectivity index (χ1n) is 16.2. The monoisotopic (exact) mass is 659 g/mol. The van der Waals surface area contributed by atoms with Crippen LogP contribution in [0.2, 0.25) is 0 Å². The zero-order valence-electron chi connectivity index (χ0n) is 28.0. The van der Waals surface area contributed by atoms with Gasteiger partial charge in [-0.1, -0.05) is 51.1 Å². The van der Waals surface area contributed by atoms with Gasteiger partial charge in [-0.3, -0.25) is 9.30 Å². The molecule has 3 heterocycles. The maximum absolute atomic E-state index is 13.4. The molecular formula is C35H45N7O4S. The number of benzene rings is 2. The average Bonchev–Trinajstić information content (AvgIpc) is 3.59. The fourth-order valence-electron chi connectivity index (χ4n) is 6.72. The van der Waals surface area contributed by atoms with E-state index in [-0.39, 0.29) is 35.7 Å². The minimum Gasteiger partial charge on any atom is -0.484 e. The first-order chi connectivity index (χ1) is 22.2. The van der Waals surface area contributed by atoms with Gasteiger partial charge in [0, 0.05) is 12.2 Å². The third-order valence-corrected chi connectivity index (χ3v) is 10.2. The number of sulfonamides is 1. The number of nitrogens with zero attached hydrogens (tertiary/aromatic N) is 4. The standard InChI is InChI=1S/C35H45N7O4S/c1-34(2,3)24-18-23(21-36-47(6,44)45)19-25(20-24)37-33(43)38-29-13-14-30(28-11-8-7-10-27(28)29)46-26-12-15-31-39-40-32(42(31)22-26)35(4)16-9-17-41(35)5/h7-8,10-12,15,18-20,22,29-30,36H,9,13-14,16-17,21H2,1-6H3,(H2,37,38,43)/t29-,30+,35-/m0/s1. The van der Waals surface area contributed by atoms with Gasteiger partial charge in [0.1, 0.15) is 11.9 Å². The van der Waals surface area contributed by atoms with Gasteiger partial charge in [-0.25, -0.2) is 17.9 Å². The summed E-state index contributed by atoms with van der Waals surface area (Å²) < 4.78 is 34.7. The third-order valence-electron chi connectivity index (χ3n) is 9.53. The summed E-state index contributed by atoms with van der Waals surface area (Å²) in [4.78, 5) is 15.7. The minimum atomic E-state index is -3.36.